The first kappa shape index (κ1) is 13.3. The minimum atomic E-state index is -0.299. The van der Waals surface area contributed by atoms with Crippen LogP contribution in [0.4, 0.5) is 0 Å². The summed E-state index contributed by atoms with van der Waals surface area (Å²) >= 11 is 10.4. The van der Waals surface area contributed by atoms with Crippen molar-refractivity contribution in [3.8, 4) is 0 Å². The third-order valence-electron chi connectivity index (χ3n) is 3.00. The van der Waals surface area contributed by atoms with E-state index in [0.29, 0.717) is 9.54 Å². The van der Waals surface area contributed by atoms with Crippen LogP contribution in [0.25, 0.3) is 0 Å². The summed E-state index contributed by atoms with van der Waals surface area (Å²) in [5.41, 5.74) is -0.452. The van der Waals surface area contributed by atoms with Crippen molar-refractivity contribution in [3.63, 3.8) is 0 Å². The second-order valence-corrected chi connectivity index (χ2v) is 5.20. The highest BCUT2D eigenvalue weighted by molar-refractivity contribution is 7.72. The monoisotopic (exact) mass is 259 g/mol. The Bertz CT molecular complexity index is 537. The van der Waals surface area contributed by atoms with Crippen LogP contribution in [0.1, 0.15) is 27.2 Å². The average Bonchev–Trinajstić information content (AvgIpc) is 2.23. The maximum absolute atomic E-state index is 12.1. The minimum absolute atomic E-state index is 0.153. The highest BCUT2D eigenvalue weighted by Crippen LogP contribution is 2.17. The molecule has 0 saturated heterocycles. The zero-order valence-corrected chi connectivity index (χ0v) is 11.9. The summed E-state index contributed by atoms with van der Waals surface area (Å²) in [5.74, 6) is 0. The number of nitrogens with zero attached hydrogens (tertiary/aromatic N) is 3. The molecule has 0 radical (unpaired) electrons. The van der Waals surface area contributed by atoms with Gasteiger partial charge in [-0.1, -0.05) is 6.92 Å². The van der Waals surface area contributed by atoms with Crippen molar-refractivity contribution in [3.05, 3.63) is 20.0 Å². The van der Waals surface area contributed by atoms with Gasteiger partial charge in [-0.15, -0.1) is 0 Å². The molecule has 6 heteroatoms. The summed E-state index contributed by atoms with van der Waals surface area (Å²) < 4.78 is 5.67. The van der Waals surface area contributed by atoms with Gasteiger partial charge in [0.25, 0.3) is 0 Å². The Morgan fingerprint density at radius 1 is 1.12 bits per heavy atom. The Hall–Kier alpha value is -0.750. The summed E-state index contributed by atoms with van der Waals surface area (Å²) in [4.78, 5) is 12.1. The molecule has 0 spiro atoms. The van der Waals surface area contributed by atoms with Crippen LogP contribution in [0.2, 0.25) is 0 Å². The maximum Gasteiger partial charge on any atom is 0.332 e. The number of rotatable bonds is 2. The van der Waals surface area contributed by atoms with Gasteiger partial charge in [-0.2, -0.15) is 0 Å². The second kappa shape index (κ2) is 4.25. The zero-order valence-electron chi connectivity index (χ0n) is 10.3. The third-order valence-corrected chi connectivity index (χ3v) is 4.01. The molecule has 0 aliphatic rings. The number of hydrogen-bond donors (Lipinski definition) is 0. The van der Waals surface area contributed by atoms with E-state index in [1.807, 2.05) is 20.8 Å². The van der Waals surface area contributed by atoms with Crippen LogP contribution >= 0.6 is 24.4 Å². The summed E-state index contributed by atoms with van der Waals surface area (Å²) in [6, 6.07) is 0. The van der Waals surface area contributed by atoms with E-state index >= 15 is 0 Å². The van der Waals surface area contributed by atoms with Gasteiger partial charge in [0.1, 0.15) is 0 Å². The first-order valence-corrected chi connectivity index (χ1v) is 5.95. The van der Waals surface area contributed by atoms with Crippen LogP contribution in [0.3, 0.4) is 0 Å². The van der Waals surface area contributed by atoms with Gasteiger partial charge in [0.2, 0.25) is 0 Å². The molecule has 90 valence electrons. The van der Waals surface area contributed by atoms with Gasteiger partial charge in [-0.3, -0.25) is 13.7 Å². The SMILES string of the molecule is CCC(C)(C)n1c(=O)n(C)c(=S)n(C)c1=S. The Morgan fingerprint density at radius 2 is 1.62 bits per heavy atom. The summed E-state index contributed by atoms with van der Waals surface area (Å²) in [6.07, 6.45) is 0.827. The molecule has 0 aliphatic carbocycles. The van der Waals surface area contributed by atoms with Gasteiger partial charge in [0.05, 0.1) is 0 Å². The molecular formula is C10H17N3OS2. The van der Waals surface area contributed by atoms with Crippen molar-refractivity contribution < 1.29 is 0 Å². The molecular weight excluding hydrogens is 242 g/mol. The largest absolute Gasteiger partial charge is 0.332 e. The van der Waals surface area contributed by atoms with Crippen LogP contribution < -0.4 is 5.69 Å². The van der Waals surface area contributed by atoms with Crippen molar-refractivity contribution in [2.45, 2.75) is 32.7 Å². The van der Waals surface area contributed by atoms with Gasteiger partial charge >= 0.3 is 5.69 Å². The van der Waals surface area contributed by atoms with Crippen molar-refractivity contribution in [2.75, 3.05) is 0 Å². The lowest BCUT2D eigenvalue weighted by atomic mass is 10.0. The van der Waals surface area contributed by atoms with Crippen LogP contribution in [-0.4, -0.2) is 13.7 Å². The normalized spacial score (nSPS) is 11.8. The molecule has 0 amide bonds. The van der Waals surface area contributed by atoms with E-state index in [9.17, 15) is 4.79 Å². The molecule has 0 atom stereocenters. The van der Waals surface area contributed by atoms with Gasteiger partial charge < -0.3 is 0 Å². The molecule has 0 fully saturated rings. The molecule has 0 saturated carbocycles. The van der Waals surface area contributed by atoms with E-state index in [-0.39, 0.29) is 11.2 Å². The molecule has 0 aromatic carbocycles. The Balaban J connectivity index is 3.87. The summed E-state index contributed by atoms with van der Waals surface area (Å²) in [7, 11) is 3.45. The lowest BCUT2D eigenvalue weighted by Gasteiger charge is -2.27. The van der Waals surface area contributed by atoms with E-state index in [0.717, 1.165) is 6.42 Å². The molecule has 1 aromatic heterocycles. The van der Waals surface area contributed by atoms with Crippen LogP contribution in [0, 0.1) is 9.54 Å². The molecule has 0 bridgehead atoms. The molecule has 0 N–H and O–H groups in total. The fraction of sp³-hybridized carbons (Fsp3) is 0.700. The fourth-order valence-corrected chi connectivity index (χ4v) is 2.08. The molecule has 16 heavy (non-hydrogen) atoms. The third kappa shape index (κ3) is 1.91. The summed E-state index contributed by atoms with van der Waals surface area (Å²) in [5, 5.41) is 0. The molecule has 0 aliphatic heterocycles. The van der Waals surface area contributed by atoms with E-state index in [4.69, 9.17) is 24.4 Å². The zero-order chi connectivity index (χ0) is 12.7. The Kier molecular flexibility index (Phi) is 3.54. The molecule has 4 nitrogen and oxygen atoms in total. The van der Waals surface area contributed by atoms with Crippen molar-refractivity contribution in [1.29, 1.82) is 0 Å². The topological polar surface area (TPSA) is 31.9 Å². The fourth-order valence-electron chi connectivity index (χ4n) is 1.45. The molecule has 1 rings (SSSR count). The van der Waals surface area contributed by atoms with Gasteiger partial charge in [-0.25, -0.2) is 4.79 Å². The predicted octanol–water partition coefficient (Wildman–Crippen LogP) is 2.13. The minimum Gasteiger partial charge on any atom is -0.298 e. The first-order valence-electron chi connectivity index (χ1n) is 5.13. The lowest BCUT2D eigenvalue weighted by Crippen LogP contribution is -2.42. The van der Waals surface area contributed by atoms with Crippen molar-refractivity contribution in [2.24, 2.45) is 14.1 Å². The molecule has 0 unspecified atom stereocenters. The van der Waals surface area contributed by atoms with E-state index < -0.39 is 0 Å². The van der Waals surface area contributed by atoms with E-state index in [1.54, 1.807) is 23.2 Å². The standard InChI is InChI=1S/C10H17N3OS2/c1-6-10(2,3)13-7(14)11(4)8(15)12(5)9(13)16/h6H2,1-5H3. The Morgan fingerprint density at radius 3 is 2.06 bits per heavy atom. The first-order chi connectivity index (χ1) is 7.24. The summed E-state index contributed by atoms with van der Waals surface area (Å²) in [6.45, 7) is 6.02. The van der Waals surface area contributed by atoms with Gasteiger partial charge in [0, 0.05) is 19.6 Å². The number of hydrogen-bond acceptors (Lipinski definition) is 3. The van der Waals surface area contributed by atoms with Gasteiger partial charge in [0.15, 0.2) is 9.54 Å². The quantitative estimate of drug-likeness (QED) is 0.763. The van der Waals surface area contributed by atoms with Crippen LogP contribution in [0.15, 0.2) is 4.79 Å². The highest BCUT2D eigenvalue weighted by Gasteiger charge is 2.22. The van der Waals surface area contributed by atoms with E-state index in [1.165, 1.54) is 4.57 Å². The molecule has 1 aromatic rings. The van der Waals surface area contributed by atoms with Crippen LogP contribution in [0.5, 0.6) is 0 Å². The smallest absolute Gasteiger partial charge is 0.298 e. The lowest BCUT2D eigenvalue weighted by molar-refractivity contribution is 0.302. The van der Waals surface area contributed by atoms with Gasteiger partial charge in [-0.05, 0) is 44.7 Å². The predicted molar refractivity (Wildman–Crippen MR) is 69.9 cm³/mol. The maximum atomic E-state index is 12.1. The molecule has 1 heterocycles. The number of aromatic nitrogens is 3. The van der Waals surface area contributed by atoms with E-state index in [2.05, 4.69) is 0 Å². The average molecular weight is 259 g/mol. The van der Waals surface area contributed by atoms with Crippen LogP contribution in [-0.2, 0) is 19.6 Å². The highest BCUT2D eigenvalue weighted by atomic mass is 32.1. The Labute approximate surface area is 105 Å². The van der Waals surface area contributed by atoms with Crippen molar-refractivity contribution >= 4 is 24.4 Å². The van der Waals surface area contributed by atoms with Crippen molar-refractivity contribution in [1.82, 2.24) is 13.7 Å². The second-order valence-electron chi connectivity index (χ2n) is 4.47.